The van der Waals surface area contributed by atoms with Crippen LogP contribution in [0.1, 0.15) is 11.1 Å². The first-order valence-corrected chi connectivity index (χ1v) is 6.08. The number of halogens is 2. The van der Waals surface area contributed by atoms with Crippen molar-refractivity contribution >= 4 is 15.9 Å². The third-order valence-corrected chi connectivity index (χ3v) is 2.87. The summed E-state index contributed by atoms with van der Waals surface area (Å²) in [6, 6.07) is 3.10. The molecule has 1 rings (SSSR count). The zero-order chi connectivity index (χ0) is 13.4. The molecule has 4 nitrogen and oxygen atoms in total. The molecule has 0 radical (unpaired) electrons. The first-order valence-electron chi connectivity index (χ1n) is 5.29. The van der Waals surface area contributed by atoms with Gasteiger partial charge in [0.05, 0.1) is 13.2 Å². The van der Waals surface area contributed by atoms with Gasteiger partial charge in [-0.1, -0.05) is 15.9 Å². The summed E-state index contributed by atoms with van der Waals surface area (Å²) in [4.78, 5) is 0. The van der Waals surface area contributed by atoms with Gasteiger partial charge in [-0.3, -0.25) is 0 Å². The standard InChI is InChI=1S/C12H16BrFO4/c1-15-7-17-5-9-4-12(14)10(3-11(9)13)6-18-8-16-2/h3-4H,5-8H2,1-2H3. The van der Waals surface area contributed by atoms with Gasteiger partial charge in [0.1, 0.15) is 19.4 Å². The maximum absolute atomic E-state index is 13.7. The van der Waals surface area contributed by atoms with Gasteiger partial charge < -0.3 is 18.9 Å². The lowest BCUT2D eigenvalue weighted by Gasteiger charge is -2.10. The predicted octanol–water partition coefficient (Wildman–Crippen LogP) is 2.83. The summed E-state index contributed by atoms with van der Waals surface area (Å²) < 4.78 is 34.3. The van der Waals surface area contributed by atoms with Gasteiger partial charge in [-0.05, 0) is 17.7 Å². The topological polar surface area (TPSA) is 36.9 Å². The molecule has 0 N–H and O–H groups in total. The zero-order valence-electron chi connectivity index (χ0n) is 10.4. The molecular formula is C12H16BrFO4. The number of rotatable bonds is 8. The maximum atomic E-state index is 13.7. The predicted molar refractivity (Wildman–Crippen MR) is 67.4 cm³/mol. The fourth-order valence-corrected chi connectivity index (χ4v) is 1.83. The molecule has 0 aliphatic carbocycles. The van der Waals surface area contributed by atoms with Gasteiger partial charge in [-0.25, -0.2) is 4.39 Å². The number of methoxy groups -OCH3 is 2. The Labute approximate surface area is 114 Å². The van der Waals surface area contributed by atoms with Crippen LogP contribution in [0.5, 0.6) is 0 Å². The molecule has 0 spiro atoms. The van der Waals surface area contributed by atoms with Crippen LogP contribution >= 0.6 is 15.9 Å². The van der Waals surface area contributed by atoms with Gasteiger partial charge in [-0.2, -0.15) is 0 Å². The summed E-state index contributed by atoms with van der Waals surface area (Å²) in [5.41, 5.74) is 1.19. The Hall–Kier alpha value is -0.530. The monoisotopic (exact) mass is 322 g/mol. The molecule has 102 valence electrons. The molecule has 6 heteroatoms. The molecule has 0 fully saturated rings. The SMILES string of the molecule is COCOCc1cc(Br)c(COCOC)cc1F. The van der Waals surface area contributed by atoms with E-state index >= 15 is 0 Å². The molecule has 1 aromatic carbocycles. The Morgan fingerprint density at radius 3 is 2.11 bits per heavy atom. The van der Waals surface area contributed by atoms with Gasteiger partial charge >= 0.3 is 0 Å². The van der Waals surface area contributed by atoms with Crippen molar-refractivity contribution in [3.63, 3.8) is 0 Å². The zero-order valence-corrected chi connectivity index (χ0v) is 12.0. The molecule has 0 amide bonds. The summed E-state index contributed by atoms with van der Waals surface area (Å²) in [5, 5.41) is 0. The molecule has 0 atom stereocenters. The Morgan fingerprint density at radius 2 is 1.56 bits per heavy atom. The normalized spacial score (nSPS) is 10.9. The third kappa shape index (κ3) is 4.99. The average Bonchev–Trinajstić information content (AvgIpc) is 2.35. The molecule has 0 aliphatic rings. The van der Waals surface area contributed by atoms with E-state index < -0.39 is 0 Å². The molecule has 0 unspecified atom stereocenters. The quantitative estimate of drug-likeness (QED) is 0.545. The van der Waals surface area contributed by atoms with Crippen LogP contribution in [0.4, 0.5) is 4.39 Å². The van der Waals surface area contributed by atoms with Crippen LogP contribution in [-0.2, 0) is 32.2 Å². The number of hydrogen-bond acceptors (Lipinski definition) is 4. The Balaban J connectivity index is 2.64. The summed E-state index contributed by atoms with van der Waals surface area (Å²) in [6.07, 6.45) is 0. The molecule has 0 heterocycles. The number of ether oxygens (including phenoxy) is 4. The second-order valence-electron chi connectivity index (χ2n) is 3.55. The van der Waals surface area contributed by atoms with E-state index in [1.54, 1.807) is 6.07 Å². The van der Waals surface area contributed by atoms with E-state index in [-0.39, 0.29) is 32.6 Å². The van der Waals surface area contributed by atoms with Gasteiger partial charge in [0, 0.05) is 24.3 Å². The Kier molecular flexibility index (Phi) is 7.38. The van der Waals surface area contributed by atoms with Crippen LogP contribution in [0, 0.1) is 5.82 Å². The molecular weight excluding hydrogens is 307 g/mol. The molecule has 0 aliphatic heterocycles. The molecule has 0 bridgehead atoms. The molecule has 0 saturated carbocycles. The van der Waals surface area contributed by atoms with Crippen molar-refractivity contribution in [3.8, 4) is 0 Å². The van der Waals surface area contributed by atoms with E-state index in [9.17, 15) is 4.39 Å². The van der Waals surface area contributed by atoms with Crippen molar-refractivity contribution in [2.75, 3.05) is 27.8 Å². The highest BCUT2D eigenvalue weighted by molar-refractivity contribution is 9.10. The van der Waals surface area contributed by atoms with Crippen molar-refractivity contribution in [3.05, 3.63) is 33.5 Å². The van der Waals surface area contributed by atoms with Gasteiger partial charge in [0.15, 0.2) is 0 Å². The third-order valence-electron chi connectivity index (χ3n) is 2.13. The highest BCUT2D eigenvalue weighted by Gasteiger charge is 2.09. The average molecular weight is 323 g/mol. The molecule has 1 aromatic rings. The fraction of sp³-hybridized carbons (Fsp3) is 0.500. The molecule has 0 saturated heterocycles. The second-order valence-corrected chi connectivity index (χ2v) is 4.40. The lowest BCUT2D eigenvalue weighted by molar-refractivity contribution is -0.0408. The van der Waals surface area contributed by atoms with Gasteiger partial charge in [0.2, 0.25) is 0 Å². The minimum Gasteiger partial charge on any atom is -0.359 e. The van der Waals surface area contributed by atoms with E-state index in [2.05, 4.69) is 15.9 Å². The number of hydrogen-bond donors (Lipinski definition) is 0. The van der Waals surface area contributed by atoms with Gasteiger partial charge in [-0.15, -0.1) is 0 Å². The van der Waals surface area contributed by atoms with Crippen LogP contribution in [0.2, 0.25) is 0 Å². The van der Waals surface area contributed by atoms with Crippen LogP contribution in [0.25, 0.3) is 0 Å². The molecule has 0 aromatic heterocycles. The second kappa shape index (κ2) is 8.55. The maximum Gasteiger partial charge on any atom is 0.146 e. The van der Waals surface area contributed by atoms with E-state index in [1.165, 1.54) is 20.3 Å². The summed E-state index contributed by atoms with van der Waals surface area (Å²) >= 11 is 3.37. The summed E-state index contributed by atoms with van der Waals surface area (Å²) in [5.74, 6) is -0.328. The highest BCUT2D eigenvalue weighted by atomic mass is 79.9. The summed E-state index contributed by atoms with van der Waals surface area (Å²) in [7, 11) is 3.05. The van der Waals surface area contributed by atoms with Crippen molar-refractivity contribution < 1.29 is 23.3 Å². The van der Waals surface area contributed by atoms with Crippen molar-refractivity contribution in [1.29, 1.82) is 0 Å². The minimum absolute atomic E-state index is 0.135. The fourth-order valence-electron chi connectivity index (χ4n) is 1.32. The number of benzene rings is 1. The first kappa shape index (κ1) is 15.5. The van der Waals surface area contributed by atoms with Crippen LogP contribution in [0.15, 0.2) is 16.6 Å². The minimum atomic E-state index is -0.328. The Morgan fingerprint density at radius 1 is 1.00 bits per heavy atom. The van der Waals surface area contributed by atoms with E-state index in [4.69, 9.17) is 18.9 Å². The largest absolute Gasteiger partial charge is 0.359 e. The van der Waals surface area contributed by atoms with E-state index in [0.717, 1.165) is 10.0 Å². The van der Waals surface area contributed by atoms with Crippen molar-refractivity contribution in [1.82, 2.24) is 0 Å². The van der Waals surface area contributed by atoms with Gasteiger partial charge in [0.25, 0.3) is 0 Å². The highest BCUT2D eigenvalue weighted by Crippen LogP contribution is 2.23. The van der Waals surface area contributed by atoms with Crippen LogP contribution in [0.3, 0.4) is 0 Å². The lowest BCUT2D eigenvalue weighted by Crippen LogP contribution is -2.02. The molecule has 18 heavy (non-hydrogen) atoms. The van der Waals surface area contributed by atoms with Crippen LogP contribution in [-0.4, -0.2) is 27.8 Å². The smallest absolute Gasteiger partial charge is 0.146 e. The van der Waals surface area contributed by atoms with Crippen molar-refractivity contribution in [2.24, 2.45) is 0 Å². The van der Waals surface area contributed by atoms with E-state index in [0.29, 0.717) is 5.56 Å². The first-order chi connectivity index (χ1) is 8.69. The Bertz CT molecular complexity index is 338. The summed E-state index contributed by atoms with van der Waals surface area (Å²) in [6.45, 7) is 0.755. The van der Waals surface area contributed by atoms with E-state index in [1.807, 2.05) is 0 Å². The van der Waals surface area contributed by atoms with Crippen molar-refractivity contribution in [2.45, 2.75) is 13.2 Å². The lowest BCUT2D eigenvalue weighted by atomic mass is 10.1. The van der Waals surface area contributed by atoms with Crippen LogP contribution < -0.4 is 0 Å².